The molecule has 0 saturated carbocycles. The standard InChI is InChI=1S/C14H21NO2S/c1-14(2,9-15-10-18)11-4-5-12-13(8-11)17-7-3-6-16-12/h4-5,8,15,18H,3,6-7,9-10H2,1-2H3. The van der Waals surface area contributed by atoms with Crippen molar-refractivity contribution in [2.45, 2.75) is 25.7 Å². The van der Waals surface area contributed by atoms with Crippen LogP contribution in [-0.4, -0.2) is 25.6 Å². The maximum atomic E-state index is 5.73. The third-order valence-corrected chi connectivity index (χ3v) is 3.43. The van der Waals surface area contributed by atoms with Gasteiger partial charge in [-0.05, 0) is 17.7 Å². The molecule has 18 heavy (non-hydrogen) atoms. The van der Waals surface area contributed by atoms with Gasteiger partial charge in [0.05, 0.1) is 13.2 Å². The Bertz CT molecular complexity index is 407. The van der Waals surface area contributed by atoms with Crippen LogP contribution in [0.15, 0.2) is 18.2 Å². The first kappa shape index (κ1) is 13.6. The van der Waals surface area contributed by atoms with Crippen molar-refractivity contribution < 1.29 is 9.47 Å². The van der Waals surface area contributed by atoms with Gasteiger partial charge < -0.3 is 14.8 Å². The normalized spacial score (nSPS) is 15.3. The molecule has 0 spiro atoms. The lowest BCUT2D eigenvalue weighted by atomic mass is 9.84. The van der Waals surface area contributed by atoms with Crippen molar-refractivity contribution in [2.75, 3.05) is 25.6 Å². The van der Waals surface area contributed by atoms with Crippen molar-refractivity contribution >= 4 is 12.6 Å². The summed E-state index contributed by atoms with van der Waals surface area (Å²) in [6.07, 6.45) is 0.939. The highest BCUT2D eigenvalue weighted by molar-refractivity contribution is 7.80. The Kier molecular flexibility index (Phi) is 4.40. The molecule has 3 nitrogen and oxygen atoms in total. The third kappa shape index (κ3) is 3.12. The molecule has 1 N–H and O–H groups in total. The highest BCUT2D eigenvalue weighted by Crippen LogP contribution is 2.34. The van der Waals surface area contributed by atoms with Crippen LogP contribution in [-0.2, 0) is 5.41 Å². The van der Waals surface area contributed by atoms with Gasteiger partial charge in [0.25, 0.3) is 0 Å². The molecule has 1 aromatic carbocycles. The molecule has 4 heteroatoms. The fraction of sp³-hybridized carbons (Fsp3) is 0.571. The summed E-state index contributed by atoms with van der Waals surface area (Å²) in [6, 6.07) is 6.23. The summed E-state index contributed by atoms with van der Waals surface area (Å²) in [5, 5.41) is 3.27. The van der Waals surface area contributed by atoms with Crippen LogP contribution in [0.2, 0.25) is 0 Å². The topological polar surface area (TPSA) is 30.5 Å². The minimum atomic E-state index is 0.0490. The molecule has 0 bridgehead atoms. The number of hydrogen-bond donors (Lipinski definition) is 2. The Balaban J connectivity index is 2.21. The average Bonchev–Trinajstić information content (AvgIpc) is 2.60. The minimum Gasteiger partial charge on any atom is -0.490 e. The maximum absolute atomic E-state index is 5.73. The zero-order chi connectivity index (χ0) is 13.0. The van der Waals surface area contributed by atoms with E-state index in [1.54, 1.807) is 0 Å². The van der Waals surface area contributed by atoms with Crippen molar-refractivity contribution in [1.82, 2.24) is 5.32 Å². The highest BCUT2D eigenvalue weighted by Gasteiger charge is 2.22. The van der Waals surface area contributed by atoms with Gasteiger partial charge in [-0.25, -0.2) is 0 Å². The number of hydrogen-bond acceptors (Lipinski definition) is 4. The van der Waals surface area contributed by atoms with E-state index in [0.29, 0.717) is 5.88 Å². The van der Waals surface area contributed by atoms with Gasteiger partial charge in [-0.15, -0.1) is 0 Å². The van der Waals surface area contributed by atoms with E-state index in [2.05, 4.69) is 43.9 Å². The van der Waals surface area contributed by atoms with Crippen LogP contribution < -0.4 is 14.8 Å². The van der Waals surface area contributed by atoms with Crippen LogP contribution in [0.5, 0.6) is 11.5 Å². The fourth-order valence-electron chi connectivity index (χ4n) is 2.05. The molecular weight excluding hydrogens is 246 g/mol. The van der Waals surface area contributed by atoms with Gasteiger partial charge in [-0.2, -0.15) is 12.6 Å². The number of ether oxygens (including phenoxy) is 2. The fourth-order valence-corrected chi connectivity index (χ4v) is 2.17. The minimum absolute atomic E-state index is 0.0490. The van der Waals surface area contributed by atoms with Crippen molar-refractivity contribution in [3.8, 4) is 11.5 Å². The molecule has 1 aliphatic rings. The zero-order valence-electron chi connectivity index (χ0n) is 11.0. The van der Waals surface area contributed by atoms with Gasteiger partial charge in [0.1, 0.15) is 0 Å². The summed E-state index contributed by atoms with van der Waals surface area (Å²) in [7, 11) is 0. The van der Waals surface area contributed by atoms with Crippen LogP contribution in [0.1, 0.15) is 25.8 Å². The van der Waals surface area contributed by atoms with Gasteiger partial charge in [0.15, 0.2) is 11.5 Å². The number of rotatable bonds is 4. The summed E-state index contributed by atoms with van der Waals surface area (Å²) in [4.78, 5) is 0. The largest absolute Gasteiger partial charge is 0.490 e. The molecule has 0 saturated heterocycles. The highest BCUT2D eigenvalue weighted by atomic mass is 32.1. The number of thiol groups is 1. The quantitative estimate of drug-likeness (QED) is 0.649. The number of fused-ring (bicyclic) bond motifs is 1. The molecule has 0 aromatic heterocycles. The van der Waals surface area contributed by atoms with Crippen LogP contribution in [0.3, 0.4) is 0 Å². The summed E-state index contributed by atoms with van der Waals surface area (Å²) in [6.45, 7) is 6.77. The van der Waals surface area contributed by atoms with Crippen LogP contribution in [0.25, 0.3) is 0 Å². The second-order valence-electron chi connectivity index (χ2n) is 5.18. The van der Waals surface area contributed by atoms with E-state index in [-0.39, 0.29) is 5.41 Å². The van der Waals surface area contributed by atoms with Crippen molar-refractivity contribution in [1.29, 1.82) is 0 Å². The molecule has 1 aliphatic heterocycles. The van der Waals surface area contributed by atoms with Gasteiger partial charge in [0, 0.05) is 24.3 Å². The Labute approximate surface area is 114 Å². The monoisotopic (exact) mass is 267 g/mol. The molecule has 2 rings (SSSR count). The summed E-state index contributed by atoms with van der Waals surface area (Å²) in [5.41, 5.74) is 1.30. The molecular formula is C14H21NO2S. The Morgan fingerprint density at radius 1 is 1.22 bits per heavy atom. The molecule has 0 fully saturated rings. The molecule has 0 unspecified atom stereocenters. The van der Waals surface area contributed by atoms with Crippen LogP contribution in [0.4, 0.5) is 0 Å². The molecule has 0 atom stereocenters. The smallest absolute Gasteiger partial charge is 0.161 e. The Morgan fingerprint density at radius 3 is 2.67 bits per heavy atom. The van der Waals surface area contributed by atoms with Gasteiger partial charge in [-0.3, -0.25) is 0 Å². The predicted octanol–water partition coefficient (Wildman–Crippen LogP) is 2.60. The Morgan fingerprint density at radius 2 is 1.94 bits per heavy atom. The van der Waals surface area contributed by atoms with E-state index in [9.17, 15) is 0 Å². The SMILES string of the molecule is CC(C)(CNCS)c1ccc2c(c1)OCCCO2. The van der Waals surface area contributed by atoms with Crippen molar-refractivity contribution in [3.05, 3.63) is 23.8 Å². The van der Waals surface area contributed by atoms with E-state index in [1.807, 2.05) is 6.07 Å². The summed E-state index contributed by atoms with van der Waals surface area (Å²) >= 11 is 4.18. The lowest BCUT2D eigenvalue weighted by Gasteiger charge is -2.26. The van der Waals surface area contributed by atoms with Crippen molar-refractivity contribution in [2.24, 2.45) is 0 Å². The molecule has 1 aromatic rings. The first-order chi connectivity index (χ1) is 8.63. The second kappa shape index (κ2) is 5.85. The van der Waals surface area contributed by atoms with Crippen LogP contribution >= 0.6 is 12.6 Å². The molecule has 0 aliphatic carbocycles. The first-order valence-corrected chi connectivity index (χ1v) is 6.98. The van der Waals surface area contributed by atoms with Crippen molar-refractivity contribution in [3.63, 3.8) is 0 Å². The summed E-state index contributed by atoms with van der Waals surface area (Å²) < 4.78 is 11.4. The molecule has 0 amide bonds. The Hall–Kier alpha value is -0.870. The van der Waals surface area contributed by atoms with Gasteiger partial charge in [0.2, 0.25) is 0 Å². The van der Waals surface area contributed by atoms with Crippen LogP contribution in [0, 0.1) is 0 Å². The first-order valence-electron chi connectivity index (χ1n) is 6.35. The summed E-state index contributed by atoms with van der Waals surface area (Å²) in [5.74, 6) is 2.41. The maximum Gasteiger partial charge on any atom is 0.161 e. The molecule has 1 heterocycles. The van der Waals surface area contributed by atoms with E-state index >= 15 is 0 Å². The third-order valence-electron chi connectivity index (χ3n) is 3.21. The zero-order valence-corrected chi connectivity index (χ0v) is 11.9. The number of nitrogens with one attached hydrogen (secondary N) is 1. The molecule has 0 radical (unpaired) electrons. The lowest BCUT2D eigenvalue weighted by molar-refractivity contribution is 0.296. The lowest BCUT2D eigenvalue weighted by Crippen LogP contribution is -2.32. The van der Waals surface area contributed by atoms with Gasteiger partial charge in [-0.1, -0.05) is 19.9 Å². The molecule has 100 valence electrons. The second-order valence-corrected chi connectivity index (χ2v) is 5.50. The average molecular weight is 267 g/mol. The van der Waals surface area contributed by atoms with E-state index < -0.39 is 0 Å². The van der Waals surface area contributed by atoms with E-state index in [1.165, 1.54) is 5.56 Å². The van der Waals surface area contributed by atoms with E-state index in [0.717, 1.165) is 37.7 Å². The predicted molar refractivity (Wildman–Crippen MR) is 76.9 cm³/mol. The number of benzene rings is 1. The van der Waals surface area contributed by atoms with E-state index in [4.69, 9.17) is 9.47 Å². The van der Waals surface area contributed by atoms with Gasteiger partial charge >= 0.3 is 0 Å².